The maximum absolute atomic E-state index is 12.9. The Kier molecular flexibility index (Phi) is 18.2. The molecule has 0 saturated heterocycles. The molecule has 0 aliphatic carbocycles. The van der Waals surface area contributed by atoms with Crippen molar-refractivity contribution in [3.63, 3.8) is 0 Å². The van der Waals surface area contributed by atoms with Crippen LogP contribution in [0.1, 0.15) is 137 Å². The molecule has 0 aromatic heterocycles. The van der Waals surface area contributed by atoms with Gasteiger partial charge in [-0.05, 0) is 75.8 Å². The first-order chi connectivity index (χ1) is 21.2. The minimum atomic E-state index is -3.18. The van der Waals surface area contributed by atoms with Gasteiger partial charge in [-0.2, -0.15) is 0 Å². The summed E-state index contributed by atoms with van der Waals surface area (Å²) in [6.45, 7) is 31.1. The van der Waals surface area contributed by atoms with E-state index in [1.807, 2.05) is 38.1 Å². The average molecular weight is 739 g/mol. The van der Waals surface area contributed by atoms with E-state index in [0.29, 0.717) is 31.3 Å². The van der Waals surface area contributed by atoms with Gasteiger partial charge in [0.15, 0.2) is 0 Å². The second kappa shape index (κ2) is 18.4. The van der Waals surface area contributed by atoms with Crippen LogP contribution in [0.2, 0.25) is 0 Å². The molecule has 11 heteroatoms. The summed E-state index contributed by atoms with van der Waals surface area (Å²) in [5.41, 5.74) is 4.24. The molecule has 2 aromatic carbocycles. The monoisotopic (exact) mass is 738 g/mol. The summed E-state index contributed by atoms with van der Waals surface area (Å²) in [5, 5.41) is 21.5. The minimum Gasteiger partial charge on any atom is -0.507 e. The zero-order chi connectivity index (χ0) is 36.8. The van der Waals surface area contributed by atoms with Crippen LogP contribution in [-0.4, -0.2) is 74.9 Å². The summed E-state index contributed by atoms with van der Waals surface area (Å²) in [4.78, 5) is 0. The average Bonchev–Trinajstić information content (AvgIpc) is 2.88. The Bertz CT molecular complexity index is 1350. The van der Waals surface area contributed by atoms with E-state index in [1.165, 1.54) is 7.11 Å². The van der Waals surface area contributed by atoms with Crippen molar-refractivity contribution in [3.05, 3.63) is 57.6 Å². The Hall–Kier alpha value is -0.400. The normalized spacial score (nSPS) is 14.1. The number of phenolic OH excluding ortho intramolecular Hbond substituents is 2. The van der Waals surface area contributed by atoms with Gasteiger partial charge in [0.1, 0.15) is 11.5 Å². The fraction of sp³-hybridized carbons (Fsp3) is 0.676. The molecule has 2 aromatic rings. The van der Waals surface area contributed by atoms with Crippen LogP contribution in [0, 0.1) is 0 Å². The van der Waals surface area contributed by atoms with Crippen LogP contribution in [-0.2, 0) is 61.2 Å². The molecule has 1 unspecified atom stereocenters. The van der Waals surface area contributed by atoms with E-state index in [4.69, 9.17) is 18.1 Å². The largest absolute Gasteiger partial charge is 2.00 e. The van der Waals surface area contributed by atoms with Crippen LogP contribution in [0.3, 0.4) is 0 Å². The van der Waals surface area contributed by atoms with Gasteiger partial charge in [-0.1, -0.05) is 107 Å². The van der Waals surface area contributed by atoms with E-state index in [1.54, 1.807) is 6.92 Å². The summed E-state index contributed by atoms with van der Waals surface area (Å²) in [6.07, 6.45) is 0.408. The molecule has 0 spiro atoms. The van der Waals surface area contributed by atoms with Crippen molar-refractivity contribution in [1.82, 2.24) is 0 Å². The number of phenols is 2. The second-order valence-electron chi connectivity index (χ2n) is 16.1. The van der Waals surface area contributed by atoms with Crippen LogP contribution in [0.15, 0.2) is 24.3 Å². The second-order valence-corrected chi connectivity index (χ2v) is 20.3. The Morgan fingerprint density at radius 2 is 0.750 bits per heavy atom. The number of hydrogen-bond acceptors (Lipinski definition) is 8. The Morgan fingerprint density at radius 3 is 0.958 bits per heavy atom. The molecule has 0 aliphatic rings. The third-order valence-electron chi connectivity index (χ3n) is 7.58. The van der Waals surface area contributed by atoms with Gasteiger partial charge in [0.2, 0.25) is 0 Å². The molecule has 0 heterocycles. The van der Waals surface area contributed by atoms with E-state index in [2.05, 4.69) is 83.1 Å². The topological polar surface area (TPSA) is 112 Å². The van der Waals surface area contributed by atoms with Crippen molar-refractivity contribution in [2.45, 2.75) is 138 Å². The molecule has 2 N–H and O–H groups in total. The molecule has 0 amide bonds. The van der Waals surface area contributed by atoms with Crippen LogP contribution < -0.4 is 0 Å². The summed E-state index contributed by atoms with van der Waals surface area (Å²) in [5.74, 6) is 0.638. The zero-order valence-electron chi connectivity index (χ0n) is 32.8. The van der Waals surface area contributed by atoms with Gasteiger partial charge in [-0.15, -0.1) is 0 Å². The van der Waals surface area contributed by atoms with Crippen LogP contribution in [0.25, 0.3) is 0 Å². The molecule has 8 nitrogen and oxygen atoms in total. The molecular weight excluding hydrogens is 674 g/mol. The molecule has 2 rings (SSSR count). The maximum Gasteiger partial charge on any atom is 2.00 e. The van der Waals surface area contributed by atoms with Gasteiger partial charge in [0.05, 0.1) is 32.1 Å². The fourth-order valence-corrected chi connectivity index (χ4v) is 8.21. The maximum atomic E-state index is 12.9. The van der Waals surface area contributed by atoms with Crippen LogP contribution in [0.5, 0.6) is 11.5 Å². The molecular formula is C37H64CaO8P2+2. The van der Waals surface area contributed by atoms with Crippen molar-refractivity contribution >= 4 is 52.9 Å². The van der Waals surface area contributed by atoms with Crippen molar-refractivity contribution in [3.8, 4) is 11.5 Å². The fourth-order valence-electron chi connectivity index (χ4n) is 5.19. The van der Waals surface area contributed by atoms with E-state index in [0.717, 1.165) is 33.4 Å². The summed E-state index contributed by atoms with van der Waals surface area (Å²) in [6, 6.07) is 7.68. The van der Waals surface area contributed by atoms with Crippen molar-refractivity contribution < 1.29 is 37.4 Å². The Balaban J connectivity index is 0.000000902. The first kappa shape index (κ1) is 47.6. The summed E-state index contributed by atoms with van der Waals surface area (Å²) in [7, 11) is -4.94. The first-order valence-corrected chi connectivity index (χ1v) is 20.0. The SMILES string of the molecule is CCOP(=O)(Cc1cc(C(C)(C)C)c(O)c(C(C)(C)C)c1)OC.CCOP(=O)(Cc1cc(C(C)(C)C)c(O)c(C(C)(C)C)c1)OCC.[Ca+2]. The summed E-state index contributed by atoms with van der Waals surface area (Å²) >= 11 is 0. The molecule has 0 radical (unpaired) electrons. The zero-order valence-corrected chi connectivity index (χ0v) is 36.8. The first-order valence-electron chi connectivity index (χ1n) is 16.6. The minimum absolute atomic E-state index is 0. The number of rotatable bonds is 11. The summed E-state index contributed by atoms with van der Waals surface area (Å²) < 4.78 is 46.9. The van der Waals surface area contributed by atoms with Crippen molar-refractivity contribution in [1.29, 1.82) is 0 Å². The smallest absolute Gasteiger partial charge is 0.507 e. The van der Waals surface area contributed by atoms with Crippen LogP contribution >= 0.6 is 15.2 Å². The molecule has 48 heavy (non-hydrogen) atoms. The number of aromatic hydroxyl groups is 2. The van der Waals surface area contributed by atoms with Gasteiger partial charge in [-0.25, -0.2) is 0 Å². The van der Waals surface area contributed by atoms with E-state index >= 15 is 0 Å². The standard InChI is InChI=1S/C19H33O4P.C18H31O4P.Ca/c1-9-22-24(21,23-10-2)13-14-11-15(18(3,4)5)17(20)16(12-14)19(6,7)8;1-9-22-23(20,21-8)12-13-10-14(17(2,3)4)16(19)15(11-13)18(5,6)7;/h11-12,20H,9-10,13H2,1-8H3;10-11,19H,9,12H2,1-8H3;/q;;+2. The molecule has 1 atom stereocenters. The molecule has 0 fully saturated rings. The van der Waals surface area contributed by atoms with Gasteiger partial charge >= 0.3 is 52.9 Å². The van der Waals surface area contributed by atoms with Gasteiger partial charge in [-0.3, -0.25) is 9.13 Å². The van der Waals surface area contributed by atoms with E-state index < -0.39 is 15.2 Å². The quantitative estimate of drug-likeness (QED) is 0.173. The molecule has 0 bridgehead atoms. The van der Waals surface area contributed by atoms with Crippen molar-refractivity contribution in [2.75, 3.05) is 26.9 Å². The van der Waals surface area contributed by atoms with Gasteiger partial charge < -0.3 is 28.3 Å². The third-order valence-corrected chi connectivity index (χ3v) is 11.6. The predicted octanol–water partition coefficient (Wildman–Crippen LogP) is 10.7. The van der Waals surface area contributed by atoms with E-state index in [-0.39, 0.29) is 71.7 Å². The molecule has 0 saturated carbocycles. The Morgan fingerprint density at radius 1 is 0.521 bits per heavy atom. The third kappa shape index (κ3) is 14.0. The molecule has 0 aliphatic heterocycles. The van der Waals surface area contributed by atoms with Gasteiger partial charge in [0.25, 0.3) is 0 Å². The number of hydrogen-bond donors (Lipinski definition) is 2. The van der Waals surface area contributed by atoms with Gasteiger partial charge in [0, 0.05) is 7.11 Å². The van der Waals surface area contributed by atoms with Crippen LogP contribution in [0.4, 0.5) is 0 Å². The van der Waals surface area contributed by atoms with E-state index in [9.17, 15) is 19.3 Å². The number of benzene rings is 2. The molecule has 270 valence electrons. The van der Waals surface area contributed by atoms with Crippen molar-refractivity contribution in [2.24, 2.45) is 0 Å². The predicted molar refractivity (Wildman–Crippen MR) is 201 cm³/mol. The Labute approximate surface area is 322 Å².